The maximum Gasteiger partial charge on any atom is 0.357 e. The summed E-state index contributed by atoms with van der Waals surface area (Å²) >= 11 is -2.48. The van der Waals surface area contributed by atoms with E-state index in [1.165, 1.54) is 12.1 Å². The van der Waals surface area contributed by atoms with Gasteiger partial charge in [0.1, 0.15) is 0 Å². The molecule has 7 heteroatoms. The van der Waals surface area contributed by atoms with Crippen molar-refractivity contribution in [2.75, 3.05) is 11.1 Å². The molecular weight excluding hydrogens is 280 g/mol. The molecular formula is C13H12N2O4S. The predicted molar refractivity (Wildman–Crippen MR) is 76.6 cm³/mol. The van der Waals surface area contributed by atoms with Gasteiger partial charge < -0.3 is 15.2 Å². The number of amides is 1. The van der Waals surface area contributed by atoms with E-state index in [2.05, 4.69) is 9.50 Å². The van der Waals surface area contributed by atoms with Crippen LogP contribution in [0.25, 0.3) is 0 Å². The number of carbonyl (C=O) groups excluding carboxylic acids is 1. The minimum atomic E-state index is -2.48. The minimum absolute atomic E-state index is 0.0247. The molecule has 1 atom stereocenters. The van der Waals surface area contributed by atoms with Gasteiger partial charge >= 0.3 is 11.4 Å². The van der Waals surface area contributed by atoms with Crippen LogP contribution in [0, 0.1) is 0 Å². The number of nitrogens with one attached hydrogen (secondary N) is 1. The highest BCUT2D eigenvalue weighted by Gasteiger charge is 2.09. The van der Waals surface area contributed by atoms with Crippen molar-refractivity contribution in [3.63, 3.8) is 0 Å². The first kappa shape index (κ1) is 14.0. The zero-order chi connectivity index (χ0) is 14.5. The molecule has 0 heterocycles. The Balaban J connectivity index is 2.18. The highest BCUT2D eigenvalue weighted by molar-refractivity contribution is 7.74. The lowest BCUT2D eigenvalue weighted by Crippen LogP contribution is -2.12. The van der Waals surface area contributed by atoms with E-state index in [0.29, 0.717) is 11.3 Å². The van der Waals surface area contributed by atoms with Gasteiger partial charge in [-0.2, -0.15) is 4.21 Å². The molecule has 0 radical (unpaired) electrons. The zero-order valence-corrected chi connectivity index (χ0v) is 11.1. The van der Waals surface area contributed by atoms with Crippen molar-refractivity contribution in [3.8, 4) is 5.75 Å². The van der Waals surface area contributed by atoms with Crippen molar-refractivity contribution in [1.82, 2.24) is 0 Å². The van der Waals surface area contributed by atoms with E-state index < -0.39 is 11.4 Å². The Kier molecular flexibility index (Phi) is 4.34. The topological polar surface area (TPSA) is 102 Å². The summed E-state index contributed by atoms with van der Waals surface area (Å²) in [5.41, 5.74) is 6.70. The second-order valence-corrected chi connectivity index (χ2v) is 4.47. The lowest BCUT2D eigenvalue weighted by molar-refractivity contribution is 0.102. The molecule has 20 heavy (non-hydrogen) atoms. The number of rotatable bonds is 4. The fourth-order valence-electron chi connectivity index (χ4n) is 1.55. The number of hydrogen-bond acceptors (Lipinski definition) is 4. The van der Waals surface area contributed by atoms with E-state index in [1.54, 1.807) is 30.3 Å². The Hall–Kier alpha value is -2.38. The fourth-order valence-corrected chi connectivity index (χ4v) is 1.85. The summed E-state index contributed by atoms with van der Waals surface area (Å²) in [6, 6.07) is 13.1. The molecule has 1 amide bonds. The van der Waals surface area contributed by atoms with E-state index >= 15 is 0 Å². The normalized spacial score (nSPS) is 11.7. The average Bonchev–Trinajstić information content (AvgIpc) is 2.43. The smallest absolute Gasteiger partial charge is 0.357 e. The maximum atomic E-state index is 11.9. The van der Waals surface area contributed by atoms with Gasteiger partial charge in [0.2, 0.25) is 0 Å². The van der Waals surface area contributed by atoms with Crippen LogP contribution in [-0.4, -0.2) is 14.7 Å². The molecule has 0 spiro atoms. The highest BCUT2D eigenvalue weighted by Crippen LogP contribution is 2.26. The van der Waals surface area contributed by atoms with Crippen molar-refractivity contribution >= 4 is 28.6 Å². The first-order valence-electron chi connectivity index (χ1n) is 5.61. The largest absolute Gasteiger partial charge is 0.396 e. The summed E-state index contributed by atoms with van der Waals surface area (Å²) in [6.45, 7) is 0. The number of carbonyl (C=O) groups is 1. The second kappa shape index (κ2) is 6.18. The molecule has 0 aromatic heterocycles. The molecule has 1 unspecified atom stereocenters. The quantitative estimate of drug-likeness (QED) is 0.591. The van der Waals surface area contributed by atoms with Gasteiger partial charge in [0.05, 0.1) is 5.69 Å². The summed E-state index contributed by atoms with van der Waals surface area (Å²) in [5.74, 6) is -0.275. The molecule has 2 aromatic carbocycles. The van der Waals surface area contributed by atoms with E-state index in [1.807, 2.05) is 6.07 Å². The zero-order valence-electron chi connectivity index (χ0n) is 10.3. The third-order valence-corrected chi connectivity index (χ3v) is 2.79. The van der Waals surface area contributed by atoms with Crippen molar-refractivity contribution in [1.29, 1.82) is 0 Å². The minimum Gasteiger partial charge on any atom is -0.396 e. The van der Waals surface area contributed by atoms with Gasteiger partial charge in [-0.3, -0.25) is 9.35 Å². The van der Waals surface area contributed by atoms with Gasteiger partial charge in [-0.1, -0.05) is 18.2 Å². The Bertz CT molecular complexity index is 646. The van der Waals surface area contributed by atoms with Crippen LogP contribution in [-0.2, 0) is 11.4 Å². The van der Waals surface area contributed by atoms with E-state index in [4.69, 9.17) is 10.3 Å². The molecule has 0 aliphatic rings. The summed E-state index contributed by atoms with van der Waals surface area (Å²) in [6.07, 6.45) is 0. The molecule has 0 aliphatic heterocycles. The van der Waals surface area contributed by atoms with E-state index in [9.17, 15) is 9.00 Å². The van der Waals surface area contributed by atoms with Crippen LogP contribution in [0.5, 0.6) is 5.75 Å². The molecule has 104 valence electrons. The van der Waals surface area contributed by atoms with Crippen LogP contribution in [0.4, 0.5) is 11.4 Å². The fraction of sp³-hybridized carbons (Fsp3) is 0. The van der Waals surface area contributed by atoms with Gasteiger partial charge in [0, 0.05) is 17.3 Å². The Morgan fingerprint density at radius 2 is 1.90 bits per heavy atom. The van der Waals surface area contributed by atoms with E-state index in [0.717, 1.165) is 0 Å². The van der Waals surface area contributed by atoms with Gasteiger partial charge in [-0.15, -0.1) is 0 Å². The first-order chi connectivity index (χ1) is 9.56. The summed E-state index contributed by atoms with van der Waals surface area (Å²) in [5, 5.41) is 2.64. The summed E-state index contributed by atoms with van der Waals surface area (Å²) in [4.78, 5) is 11.9. The van der Waals surface area contributed by atoms with E-state index in [-0.39, 0.29) is 17.3 Å². The number of hydrogen-bond donors (Lipinski definition) is 3. The predicted octanol–water partition coefficient (Wildman–Crippen LogP) is 2.04. The molecule has 0 fully saturated rings. The third-order valence-electron chi connectivity index (χ3n) is 2.47. The summed E-state index contributed by atoms with van der Waals surface area (Å²) < 4.78 is 23.9. The van der Waals surface area contributed by atoms with Gasteiger partial charge in [0.25, 0.3) is 5.91 Å². The number of anilines is 2. The number of nitrogen functional groups attached to an aromatic ring is 1. The molecule has 0 aliphatic carbocycles. The van der Waals surface area contributed by atoms with Gasteiger partial charge in [-0.25, -0.2) is 0 Å². The van der Waals surface area contributed by atoms with Crippen molar-refractivity contribution in [2.24, 2.45) is 0 Å². The molecule has 2 aromatic rings. The SMILES string of the molecule is Nc1ccc(NC(=O)c2ccccc2)cc1OS(=O)O. The number of nitrogens with two attached hydrogens (primary N) is 1. The van der Waals surface area contributed by atoms with Crippen molar-refractivity contribution in [2.45, 2.75) is 0 Å². The Labute approximate surface area is 118 Å². The Morgan fingerprint density at radius 1 is 1.20 bits per heavy atom. The van der Waals surface area contributed by atoms with Crippen molar-refractivity contribution in [3.05, 3.63) is 54.1 Å². The van der Waals surface area contributed by atoms with Crippen LogP contribution >= 0.6 is 0 Å². The van der Waals surface area contributed by atoms with Crippen LogP contribution < -0.4 is 15.2 Å². The van der Waals surface area contributed by atoms with Crippen molar-refractivity contribution < 1.29 is 17.7 Å². The molecule has 0 bridgehead atoms. The second-order valence-electron chi connectivity index (χ2n) is 3.87. The van der Waals surface area contributed by atoms with Crippen LogP contribution in [0.3, 0.4) is 0 Å². The standard InChI is InChI=1S/C13H12N2O4S/c14-11-7-6-10(8-12(11)19-20(17)18)15-13(16)9-4-2-1-3-5-9/h1-8H,14H2,(H,15,16)(H,17,18). The molecule has 0 saturated heterocycles. The maximum absolute atomic E-state index is 11.9. The molecule has 0 saturated carbocycles. The first-order valence-corrected chi connectivity index (χ1v) is 6.64. The molecule has 4 N–H and O–H groups in total. The van der Waals surface area contributed by atoms with Gasteiger partial charge in [-0.05, 0) is 24.3 Å². The Morgan fingerprint density at radius 3 is 2.55 bits per heavy atom. The summed E-state index contributed by atoms with van der Waals surface area (Å²) in [7, 11) is 0. The third kappa shape index (κ3) is 3.56. The lowest BCUT2D eigenvalue weighted by Gasteiger charge is -2.09. The van der Waals surface area contributed by atoms with Gasteiger partial charge in [0.15, 0.2) is 5.75 Å². The number of benzene rings is 2. The highest BCUT2D eigenvalue weighted by atomic mass is 32.2. The van der Waals surface area contributed by atoms with Crippen LogP contribution in [0.2, 0.25) is 0 Å². The van der Waals surface area contributed by atoms with Crippen LogP contribution in [0.15, 0.2) is 48.5 Å². The molecule has 2 rings (SSSR count). The average molecular weight is 292 g/mol. The lowest BCUT2D eigenvalue weighted by atomic mass is 10.2. The molecule has 6 nitrogen and oxygen atoms in total. The van der Waals surface area contributed by atoms with Crippen LogP contribution in [0.1, 0.15) is 10.4 Å². The monoisotopic (exact) mass is 292 g/mol.